The van der Waals surface area contributed by atoms with Crippen molar-refractivity contribution >= 4 is 0 Å². The molecule has 2 rings (SSSR count). The van der Waals surface area contributed by atoms with E-state index in [0.717, 1.165) is 19.6 Å². The number of rotatable bonds is 6. The van der Waals surface area contributed by atoms with Crippen LogP contribution in [0.2, 0.25) is 0 Å². The Morgan fingerprint density at radius 1 is 1.11 bits per heavy atom. The quantitative estimate of drug-likeness (QED) is 0.845. The summed E-state index contributed by atoms with van der Waals surface area (Å²) in [6.07, 6.45) is 4.07. The van der Waals surface area contributed by atoms with E-state index < -0.39 is 0 Å². The Kier molecular flexibility index (Phi) is 4.53. The molecule has 0 aliphatic rings. The molecule has 1 heterocycles. The highest BCUT2D eigenvalue weighted by molar-refractivity contribution is 5.14. The van der Waals surface area contributed by atoms with Gasteiger partial charge in [0.2, 0.25) is 0 Å². The average molecular weight is 243 g/mol. The van der Waals surface area contributed by atoms with Gasteiger partial charge in [0.05, 0.1) is 6.20 Å². The van der Waals surface area contributed by atoms with Gasteiger partial charge in [-0.15, -0.1) is 0 Å². The molecule has 0 unspecified atom stereocenters. The van der Waals surface area contributed by atoms with E-state index in [1.807, 2.05) is 16.9 Å². The summed E-state index contributed by atoms with van der Waals surface area (Å²) in [6, 6.07) is 10.4. The second-order valence-corrected chi connectivity index (χ2v) is 5.05. The molecule has 3 nitrogen and oxygen atoms in total. The number of benzene rings is 1. The van der Waals surface area contributed by atoms with Crippen molar-refractivity contribution < 1.29 is 0 Å². The zero-order chi connectivity index (χ0) is 12.8. The third-order valence-corrected chi connectivity index (χ3v) is 2.74. The van der Waals surface area contributed by atoms with E-state index in [0.29, 0.717) is 5.92 Å². The van der Waals surface area contributed by atoms with Crippen LogP contribution in [0.25, 0.3) is 0 Å². The van der Waals surface area contributed by atoms with E-state index in [9.17, 15) is 0 Å². The van der Waals surface area contributed by atoms with Gasteiger partial charge in [0.1, 0.15) is 0 Å². The van der Waals surface area contributed by atoms with Crippen molar-refractivity contribution in [1.29, 1.82) is 0 Å². The van der Waals surface area contributed by atoms with Gasteiger partial charge in [-0.3, -0.25) is 4.68 Å². The standard InChI is InChI=1S/C15H21N3/c1-13(2)11-18-12-15(10-17-18)9-16-8-14-6-4-3-5-7-14/h3-7,10,12-13,16H,8-9,11H2,1-2H3. The van der Waals surface area contributed by atoms with Crippen molar-refractivity contribution in [3.05, 3.63) is 53.9 Å². The van der Waals surface area contributed by atoms with Crippen LogP contribution in [0.15, 0.2) is 42.7 Å². The Morgan fingerprint density at radius 2 is 1.83 bits per heavy atom. The number of aromatic nitrogens is 2. The topological polar surface area (TPSA) is 29.9 Å². The first kappa shape index (κ1) is 12.8. The SMILES string of the molecule is CC(C)Cn1cc(CNCc2ccccc2)cn1. The summed E-state index contributed by atoms with van der Waals surface area (Å²) in [5.41, 5.74) is 2.55. The van der Waals surface area contributed by atoms with E-state index in [2.05, 4.69) is 54.7 Å². The van der Waals surface area contributed by atoms with Gasteiger partial charge in [0.25, 0.3) is 0 Å². The van der Waals surface area contributed by atoms with Crippen molar-refractivity contribution in [3.8, 4) is 0 Å². The van der Waals surface area contributed by atoms with Gasteiger partial charge in [-0.1, -0.05) is 44.2 Å². The van der Waals surface area contributed by atoms with Gasteiger partial charge < -0.3 is 5.32 Å². The molecule has 96 valence electrons. The Balaban J connectivity index is 1.78. The number of nitrogens with one attached hydrogen (secondary N) is 1. The lowest BCUT2D eigenvalue weighted by atomic mass is 10.2. The van der Waals surface area contributed by atoms with E-state index in [1.165, 1.54) is 11.1 Å². The fraction of sp³-hybridized carbons (Fsp3) is 0.400. The minimum atomic E-state index is 0.634. The summed E-state index contributed by atoms with van der Waals surface area (Å²) in [5.74, 6) is 0.634. The molecule has 0 aliphatic carbocycles. The molecule has 1 N–H and O–H groups in total. The molecule has 0 bridgehead atoms. The molecule has 0 aliphatic heterocycles. The molecular formula is C15H21N3. The molecule has 1 aromatic carbocycles. The maximum atomic E-state index is 4.36. The fourth-order valence-electron chi connectivity index (χ4n) is 1.92. The molecule has 0 saturated carbocycles. The number of nitrogens with zero attached hydrogens (tertiary/aromatic N) is 2. The smallest absolute Gasteiger partial charge is 0.0534 e. The van der Waals surface area contributed by atoms with Crippen LogP contribution in [0, 0.1) is 5.92 Å². The van der Waals surface area contributed by atoms with Crippen molar-refractivity contribution in [2.75, 3.05) is 0 Å². The fourth-order valence-corrected chi connectivity index (χ4v) is 1.92. The summed E-state index contributed by atoms with van der Waals surface area (Å²) in [4.78, 5) is 0. The van der Waals surface area contributed by atoms with Crippen molar-refractivity contribution in [3.63, 3.8) is 0 Å². The van der Waals surface area contributed by atoms with Gasteiger partial charge in [-0.25, -0.2) is 0 Å². The zero-order valence-electron chi connectivity index (χ0n) is 11.1. The Morgan fingerprint density at radius 3 is 2.56 bits per heavy atom. The first-order valence-corrected chi connectivity index (χ1v) is 6.50. The minimum absolute atomic E-state index is 0.634. The lowest BCUT2D eigenvalue weighted by Gasteiger charge is -2.04. The largest absolute Gasteiger partial charge is 0.309 e. The van der Waals surface area contributed by atoms with Crippen LogP contribution in [-0.2, 0) is 19.6 Å². The predicted octanol–water partition coefficient (Wildman–Crippen LogP) is 2.83. The lowest BCUT2D eigenvalue weighted by molar-refractivity contribution is 0.482. The van der Waals surface area contributed by atoms with Crippen molar-refractivity contribution in [2.45, 2.75) is 33.5 Å². The summed E-state index contributed by atoms with van der Waals surface area (Å²) in [7, 11) is 0. The molecule has 1 aromatic heterocycles. The van der Waals surface area contributed by atoms with Crippen LogP contribution < -0.4 is 5.32 Å². The van der Waals surface area contributed by atoms with Gasteiger partial charge in [-0.05, 0) is 11.5 Å². The van der Waals surface area contributed by atoms with E-state index in [-0.39, 0.29) is 0 Å². The monoisotopic (exact) mass is 243 g/mol. The van der Waals surface area contributed by atoms with E-state index >= 15 is 0 Å². The molecule has 3 heteroatoms. The Hall–Kier alpha value is -1.61. The molecule has 0 atom stereocenters. The zero-order valence-corrected chi connectivity index (χ0v) is 11.1. The number of hydrogen-bond acceptors (Lipinski definition) is 2. The van der Waals surface area contributed by atoms with Gasteiger partial charge in [0.15, 0.2) is 0 Å². The molecule has 0 amide bonds. The van der Waals surface area contributed by atoms with Crippen LogP contribution >= 0.6 is 0 Å². The maximum absolute atomic E-state index is 4.36. The third-order valence-electron chi connectivity index (χ3n) is 2.74. The van der Waals surface area contributed by atoms with Crippen molar-refractivity contribution in [2.24, 2.45) is 5.92 Å². The van der Waals surface area contributed by atoms with Crippen LogP contribution in [0.3, 0.4) is 0 Å². The molecular weight excluding hydrogens is 222 g/mol. The van der Waals surface area contributed by atoms with Crippen molar-refractivity contribution in [1.82, 2.24) is 15.1 Å². The average Bonchev–Trinajstić information content (AvgIpc) is 2.77. The highest BCUT2D eigenvalue weighted by Crippen LogP contribution is 2.03. The summed E-state index contributed by atoms with van der Waals surface area (Å²) < 4.78 is 2.02. The highest BCUT2D eigenvalue weighted by atomic mass is 15.3. The first-order valence-electron chi connectivity index (χ1n) is 6.50. The molecule has 0 radical (unpaired) electrons. The lowest BCUT2D eigenvalue weighted by Crippen LogP contribution is -2.12. The molecule has 0 fully saturated rings. The van der Waals surface area contributed by atoms with Crippen LogP contribution in [0.1, 0.15) is 25.0 Å². The molecule has 2 aromatic rings. The Bertz CT molecular complexity index is 460. The number of hydrogen-bond donors (Lipinski definition) is 1. The van der Waals surface area contributed by atoms with Gasteiger partial charge in [0, 0.05) is 31.4 Å². The highest BCUT2D eigenvalue weighted by Gasteiger charge is 2.00. The van der Waals surface area contributed by atoms with Gasteiger partial charge in [-0.2, -0.15) is 5.10 Å². The summed E-state index contributed by atoms with van der Waals surface area (Å²) in [6.45, 7) is 7.16. The second-order valence-electron chi connectivity index (χ2n) is 5.05. The minimum Gasteiger partial charge on any atom is -0.309 e. The third kappa shape index (κ3) is 4.00. The normalized spacial score (nSPS) is 11.1. The van der Waals surface area contributed by atoms with E-state index in [4.69, 9.17) is 0 Å². The second kappa shape index (κ2) is 6.36. The molecule has 0 spiro atoms. The van der Waals surface area contributed by atoms with Crippen LogP contribution in [-0.4, -0.2) is 9.78 Å². The maximum Gasteiger partial charge on any atom is 0.0534 e. The van der Waals surface area contributed by atoms with Crippen LogP contribution in [0.5, 0.6) is 0 Å². The predicted molar refractivity (Wildman–Crippen MR) is 74.1 cm³/mol. The first-order chi connectivity index (χ1) is 8.74. The Labute approximate surface area is 109 Å². The van der Waals surface area contributed by atoms with E-state index in [1.54, 1.807) is 0 Å². The molecule has 0 saturated heterocycles. The van der Waals surface area contributed by atoms with Crippen LogP contribution in [0.4, 0.5) is 0 Å². The summed E-state index contributed by atoms with van der Waals surface area (Å²) >= 11 is 0. The van der Waals surface area contributed by atoms with Gasteiger partial charge >= 0.3 is 0 Å². The molecule has 18 heavy (non-hydrogen) atoms. The summed E-state index contributed by atoms with van der Waals surface area (Å²) in [5, 5.41) is 7.79.